The average Bonchev–Trinajstić information content (AvgIpc) is 2.67. The van der Waals surface area contributed by atoms with Crippen molar-refractivity contribution in [2.45, 2.75) is 12.8 Å². The second-order valence-corrected chi connectivity index (χ2v) is 5.93. The summed E-state index contributed by atoms with van der Waals surface area (Å²) in [6.07, 6.45) is 4.89. The molecule has 0 bridgehead atoms. The van der Waals surface area contributed by atoms with Gasteiger partial charge in [-0.1, -0.05) is 6.07 Å². The zero-order valence-electron chi connectivity index (χ0n) is 14.0. The van der Waals surface area contributed by atoms with Crippen molar-refractivity contribution < 1.29 is 9.53 Å². The van der Waals surface area contributed by atoms with Crippen LogP contribution in [0.4, 0.5) is 5.69 Å². The average molecular weight is 325 g/mol. The molecule has 0 aliphatic carbocycles. The highest BCUT2D eigenvalue weighted by Gasteiger charge is 2.21. The Hall–Kier alpha value is -2.56. The van der Waals surface area contributed by atoms with Crippen molar-refractivity contribution in [1.29, 1.82) is 0 Å². The van der Waals surface area contributed by atoms with Gasteiger partial charge in [-0.2, -0.15) is 0 Å². The number of rotatable bonds is 5. The highest BCUT2D eigenvalue weighted by atomic mass is 16.5. The van der Waals surface area contributed by atoms with Crippen molar-refractivity contribution in [1.82, 2.24) is 9.88 Å². The maximum absolute atomic E-state index is 12.4. The highest BCUT2D eigenvalue weighted by molar-refractivity contribution is 5.76. The minimum atomic E-state index is 0.230. The van der Waals surface area contributed by atoms with Gasteiger partial charge in [-0.15, -0.1) is 0 Å². The molecule has 5 nitrogen and oxygen atoms in total. The number of anilines is 1. The molecule has 1 saturated heterocycles. The molecule has 2 heterocycles. The molecule has 1 aliphatic heterocycles. The number of amides is 1. The SMILES string of the molecule is COc1ccc(N2CCN(C(=O)CCc3cccnc3)CC2)cc1. The first-order valence-corrected chi connectivity index (χ1v) is 8.32. The number of piperazine rings is 1. The molecule has 1 amide bonds. The number of carbonyl (C=O) groups is 1. The molecule has 5 heteroatoms. The second-order valence-electron chi connectivity index (χ2n) is 5.93. The fraction of sp³-hybridized carbons (Fsp3) is 0.368. The molecular weight excluding hydrogens is 302 g/mol. The smallest absolute Gasteiger partial charge is 0.223 e. The molecule has 126 valence electrons. The highest BCUT2D eigenvalue weighted by Crippen LogP contribution is 2.20. The molecule has 1 aliphatic rings. The summed E-state index contributed by atoms with van der Waals surface area (Å²) >= 11 is 0. The lowest BCUT2D eigenvalue weighted by Gasteiger charge is -2.36. The molecular formula is C19H23N3O2. The summed E-state index contributed by atoms with van der Waals surface area (Å²) in [7, 11) is 1.67. The molecule has 1 fully saturated rings. The van der Waals surface area contributed by atoms with E-state index in [4.69, 9.17) is 4.74 Å². The summed E-state index contributed by atoms with van der Waals surface area (Å²) in [6.45, 7) is 3.28. The van der Waals surface area contributed by atoms with Crippen LogP contribution in [0.15, 0.2) is 48.8 Å². The van der Waals surface area contributed by atoms with E-state index in [1.807, 2.05) is 35.4 Å². The molecule has 2 aromatic rings. The van der Waals surface area contributed by atoms with Crippen LogP contribution >= 0.6 is 0 Å². The minimum absolute atomic E-state index is 0.230. The largest absolute Gasteiger partial charge is 0.497 e. The number of aromatic nitrogens is 1. The second kappa shape index (κ2) is 7.81. The van der Waals surface area contributed by atoms with E-state index in [9.17, 15) is 4.79 Å². The third-order valence-corrected chi connectivity index (χ3v) is 4.42. The fourth-order valence-corrected chi connectivity index (χ4v) is 2.96. The van der Waals surface area contributed by atoms with Crippen molar-refractivity contribution in [2.24, 2.45) is 0 Å². The Morgan fingerprint density at radius 2 is 1.88 bits per heavy atom. The van der Waals surface area contributed by atoms with E-state index in [1.54, 1.807) is 13.3 Å². The summed E-state index contributed by atoms with van der Waals surface area (Å²) in [5.74, 6) is 1.09. The Labute approximate surface area is 142 Å². The maximum atomic E-state index is 12.4. The predicted molar refractivity (Wildman–Crippen MR) is 94.3 cm³/mol. The molecule has 0 atom stereocenters. The normalized spacial score (nSPS) is 14.5. The first-order chi connectivity index (χ1) is 11.8. The van der Waals surface area contributed by atoms with E-state index in [-0.39, 0.29) is 5.91 Å². The number of benzene rings is 1. The minimum Gasteiger partial charge on any atom is -0.497 e. The number of nitrogens with zero attached hydrogens (tertiary/aromatic N) is 3. The summed E-state index contributed by atoms with van der Waals surface area (Å²) in [6, 6.07) is 12.0. The van der Waals surface area contributed by atoms with Gasteiger partial charge in [0.05, 0.1) is 7.11 Å². The predicted octanol–water partition coefficient (Wildman–Crippen LogP) is 2.37. The van der Waals surface area contributed by atoms with Crippen LogP contribution in [0, 0.1) is 0 Å². The van der Waals surface area contributed by atoms with E-state index in [2.05, 4.69) is 22.0 Å². The van der Waals surface area contributed by atoms with Crippen LogP contribution in [0.1, 0.15) is 12.0 Å². The number of hydrogen-bond acceptors (Lipinski definition) is 4. The lowest BCUT2D eigenvalue weighted by Crippen LogP contribution is -2.48. The van der Waals surface area contributed by atoms with Crippen LogP contribution in [-0.2, 0) is 11.2 Å². The third kappa shape index (κ3) is 4.04. The van der Waals surface area contributed by atoms with Crippen LogP contribution in [0.25, 0.3) is 0 Å². The standard InChI is InChI=1S/C19H23N3O2/c1-24-18-7-5-17(6-8-18)21-11-13-22(14-12-21)19(23)9-4-16-3-2-10-20-15-16/h2-3,5-8,10,15H,4,9,11-14H2,1H3. The molecule has 0 radical (unpaired) electrons. The Balaban J connectivity index is 1.48. The van der Waals surface area contributed by atoms with Crippen molar-refractivity contribution in [3.8, 4) is 5.75 Å². The Bertz CT molecular complexity index is 650. The topological polar surface area (TPSA) is 45.7 Å². The van der Waals surface area contributed by atoms with Gasteiger partial charge < -0.3 is 14.5 Å². The molecule has 0 saturated carbocycles. The first kappa shape index (κ1) is 16.3. The van der Waals surface area contributed by atoms with Gasteiger partial charge in [0.2, 0.25) is 5.91 Å². The van der Waals surface area contributed by atoms with Gasteiger partial charge in [0.1, 0.15) is 5.75 Å². The van der Waals surface area contributed by atoms with Crippen LogP contribution < -0.4 is 9.64 Å². The van der Waals surface area contributed by atoms with E-state index < -0.39 is 0 Å². The van der Waals surface area contributed by atoms with Crippen molar-refractivity contribution in [3.63, 3.8) is 0 Å². The number of aryl methyl sites for hydroxylation is 1. The maximum Gasteiger partial charge on any atom is 0.223 e. The number of carbonyl (C=O) groups excluding carboxylic acids is 1. The molecule has 24 heavy (non-hydrogen) atoms. The number of hydrogen-bond donors (Lipinski definition) is 0. The molecule has 1 aromatic heterocycles. The van der Waals surface area contributed by atoms with Gasteiger partial charge in [-0.3, -0.25) is 9.78 Å². The van der Waals surface area contributed by atoms with Gasteiger partial charge in [0.25, 0.3) is 0 Å². The van der Waals surface area contributed by atoms with Crippen molar-refractivity contribution in [2.75, 3.05) is 38.2 Å². The molecule has 0 N–H and O–H groups in total. The zero-order valence-corrected chi connectivity index (χ0v) is 14.0. The quantitative estimate of drug-likeness (QED) is 0.847. The molecule has 0 unspecified atom stereocenters. The lowest BCUT2D eigenvalue weighted by molar-refractivity contribution is -0.131. The Morgan fingerprint density at radius 3 is 2.50 bits per heavy atom. The summed E-state index contributed by atoms with van der Waals surface area (Å²) in [4.78, 5) is 20.7. The van der Waals surface area contributed by atoms with Crippen LogP contribution in [0.3, 0.4) is 0 Å². The van der Waals surface area contributed by atoms with Gasteiger partial charge in [-0.25, -0.2) is 0 Å². The lowest BCUT2D eigenvalue weighted by atomic mass is 10.1. The van der Waals surface area contributed by atoms with E-state index in [0.29, 0.717) is 6.42 Å². The van der Waals surface area contributed by atoms with Crippen molar-refractivity contribution in [3.05, 3.63) is 54.4 Å². The number of pyridine rings is 1. The van der Waals surface area contributed by atoms with Gasteiger partial charge in [0, 0.05) is 50.7 Å². The Kier molecular flexibility index (Phi) is 5.31. The van der Waals surface area contributed by atoms with E-state index >= 15 is 0 Å². The van der Waals surface area contributed by atoms with Crippen LogP contribution in [-0.4, -0.2) is 49.1 Å². The number of ether oxygens (including phenoxy) is 1. The van der Waals surface area contributed by atoms with E-state index in [1.165, 1.54) is 5.69 Å². The molecule has 3 rings (SSSR count). The molecule has 1 aromatic carbocycles. The fourth-order valence-electron chi connectivity index (χ4n) is 2.96. The van der Waals surface area contributed by atoms with Gasteiger partial charge in [-0.05, 0) is 42.3 Å². The summed E-state index contributed by atoms with van der Waals surface area (Å²) < 4.78 is 5.19. The van der Waals surface area contributed by atoms with Crippen LogP contribution in [0.2, 0.25) is 0 Å². The summed E-state index contributed by atoms with van der Waals surface area (Å²) in [5.41, 5.74) is 2.29. The Morgan fingerprint density at radius 1 is 1.12 bits per heavy atom. The third-order valence-electron chi connectivity index (χ3n) is 4.42. The molecule has 0 spiro atoms. The monoisotopic (exact) mass is 325 g/mol. The first-order valence-electron chi connectivity index (χ1n) is 8.32. The van der Waals surface area contributed by atoms with Crippen molar-refractivity contribution >= 4 is 11.6 Å². The van der Waals surface area contributed by atoms with Gasteiger partial charge in [0.15, 0.2) is 0 Å². The number of methoxy groups -OCH3 is 1. The van der Waals surface area contributed by atoms with Crippen LogP contribution in [0.5, 0.6) is 5.75 Å². The van der Waals surface area contributed by atoms with E-state index in [0.717, 1.165) is 43.9 Å². The van der Waals surface area contributed by atoms with Gasteiger partial charge >= 0.3 is 0 Å². The summed E-state index contributed by atoms with van der Waals surface area (Å²) in [5, 5.41) is 0. The zero-order chi connectivity index (χ0) is 16.8.